The van der Waals surface area contributed by atoms with Crippen molar-refractivity contribution in [2.75, 3.05) is 37.0 Å². The second-order valence-corrected chi connectivity index (χ2v) is 4.90. The van der Waals surface area contributed by atoms with Gasteiger partial charge in [0.2, 0.25) is 0 Å². The topological polar surface area (TPSA) is 50.3 Å². The highest BCUT2D eigenvalue weighted by atomic mass is 16.5. The standard InChI is InChI=1S/C15H28N4O/c1-6-9-13-17-14(16-7-2)10-15(18-13)19(8-3)12(4)11-20-5/h10,12H,6-9,11H2,1-5H3,(H,16,17,18). The van der Waals surface area contributed by atoms with Crippen LogP contribution in [-0.2, 0) is 11.2 Å². The number of nitrogens with zero attached hydrogens (tertiary/aromatic N) is 3. The molecule has 1 aromatic rings. The quantitative estimate of drug-likeness (QED) is 0.753. The minimum absolute atomic E-state index is 0.295. The Morgan fingerprint density at radius 2 is 2.05 bits per heavy atom. The van der Waals surface area contributed by atoms with Gasteiger partial charge in [0.25, 0.3) is 0 Å². The van der Waals surface area contributed by atoms with Crippen molar-refractivity contribution >= 4 is 11.6 Å². The molecular weight excluding hydrogens is 252 g/mol. The monoisotopic (exact) mass is 280 g/mol. The second kappa shape index (κ2) is 8.74. The summed E-state index contributed by atoms with van der Waals surface area (Å²) in [5.41, 5.74) is 0. The Bertz CT molecular complexity index is 373. The first-order valence-corrected chi connectivity index (χ1v) is 7.53. The van der Waals surface area contributed by atoms with Gasteiger partial charge in [-0.2, -0.15) is 0 Å². The van der Waals surface area contributed by atoms with Crippen LogP contribution in [0.5, 0.6) is 0 Å². The summed E-state index contributed by atoms with van der Waals surface area (Å²) >= 11 is 0. The van der Waals surface area contributed by atoms with Crippen molar-refractivity contribution < 1.29 is 4.74 Å². The minimum Gasteiger partial charge on any atom is -0.383 e. The average molecular weight is 280 g/mol. The maximum Gasteiger partial charge on any atom is 0.134 e. The third kappa shape index (κ3) is 4.63. The van der Waals surface area contributed by atoms with Crippen molar-refractivity contribution in [3.8, 4) is 0 Å². The van der Waals surface area contributed by atoms with Crippen LogP contribution in [0, 0.1) is 0 Å². The Labute approximate surface area is 122 Å². The molecule has 1 unspecified atom stereocenters. The molecule has 114 valence electrons. The highest BCUT2D eigenvalue weighted by Gasteiger charge is 2.16. The Morgan fingerprint density at radius 3 is 2.60 bits per heavy atom. The summed E-state index contributed by atoms with van der Waals surface area (Å²) in [6.45, 7) is 11.0. The van der Waals surface area contributed by atoms with Gasteiger partial charge in [-0.25, -0.2) is 9.97 Å². The SMILES string of the molecule is CCCc1nc(NCC)cc(N(CC)C(C)COC)n1. The van der Waals surface area contributed by atoms with Crippen LogP contribution in [-0.4, -0.2) is 42.8 Å². The van der Waals surface area contributed by atoms with Crippen LogP contribution in [0.1, 0.15) is 39.9 Å². The molecule has 0 bridgehead atoms. The highest BCUT2D eigenvalue weighted by molar-refractivity contribution is 5.50. The molecule has 0 aliphatic rings. The van der Waals surface area contributed by atoms with Crippen molar-refractivity contribution in [3.05, 3.63) is 11.9 Å². The van der Waals surface area contributed by atoms with E-state index >= 15 is 0 Å². The van der Waals surface area contributed by atoms with Crippen molar-refractivity contribution in [2.45, 2.75) is 46.6 Å². The lowest BCUT2D eigenvalue weighted by molar-refractivity contribution is 0.181. The fourth-order valence-corrected chi connectivity index (χ4v) is 2.27. The van der Waals surface area contributed by atoms with E-state index in [4.69, 9.17) is 9.72 Å². The number of anilines is 2. The van der Waals surface area contributed by atoms with Crippen LogP contribution in [0.15, 0.2) is 6.07 Å². The maximum atomic E-state index is 5.26. The molecule has 1 aromatic heterocycles. The lowest BCUT2D eigenvalue weighted by atomic mass is 10.2. The molecule has 20 heavy (non-hydrogen) atoms. The van der Waals surface area contributed by atoms with Crippen molar-refractivity contribution in [1.82, 2.24) is 9.97 Å². The molecule has 1 rings (SSSR count). The van der Waals surface area contributed by atoms with Crippen LogP contribution < -0.4 is 10.2 Å². The normalized spacial score (nSPS) is 12.2. The predicted octanol–water partition coefficient (Wildman–Crippen LogP) is 2.72. The Morgan fingerprint density at radius 1 is 1.30 bits per heavy atom. The minimum atomic E-state index is 0.295. The van der Waals surface area contributed by atoms with E-state index < -0.39 is 0 Å². The summed E-state index contributed by atoms with van der Waals surface area (Å²) in [5.74, 6) is 2.79. The lowest BCUT2D eigenvalue weighted by Crippen LogP contribution is -2.37. The molecule has 0 aliphatic heterocycles. The number of rotatable bonds is 9. The van der Waals surface area contributed by atoms with E-state index in [0.29, 0.717) is 12.6 Å². The van der Waals surface area contributed by atoms with Crippen molar-refractivity contribution in [3.63, 3.8) is 0 Å². The summed E-state index contributed by atoms with van der Waals surface area (Å²) in [6, 6.07) is 2.32. The Hall–Kier alpha value is -1.36. The summed E-state index contributed by atoms with van der Waals surface area (Å²) in [5, 5.41) is 3.29. The Balaban J connectivity index is 3.05. The summed E-state index contributed by atoms with van der Waals surface area (Å²) in [7, 11) is 1.73. The van der Waals surface area contributed by atoms with Gasteiger partial charge in [0.1, 0.15) is 17.5 Å². The molecule has 0 aliphatic carbocycles. The van der Waals surface area contributed by atoms with Crippen LogP contribution in [0.3, 0.4) is 0 Å². The Kier molecular flexibility index (Phi) is 7.30. The lowest BCUT2D eigenvalue weighted by Gasteiger charge is -2.29. The fourth-order valence-electron chi connectivity index (χ4n) is 2.27. The molecule has 0 saturated carbocycles. The number of hydrogen-bond acceptors (Lipinski definition) is 5. The molecule has 0 spiro atoms. The first-order valence-electron chi connectivity index (χ1n) is 7.53. The fraction of sp³-hybridized carbons (Fsp3) is 0.733. The van der Waals surface area contributed by atoms with Crippen LogP contribution in [0.25, 0.3) is 0 Å². The third-order valence-corrected chi connectivity index (χ3v) is 3.17. The zero-order valence-corrected chi connectivity index (χ0v) is 13.4. The van der Waals surface area contributed by atoms with Gasteiger partial charge in [-0.1, -0.05) is 6.92 Å². The van der Waals surface area contributed by atoms with Gasteiger partial charge in [-0.3, -0.25) is 0 Å². The molecule has 0 saturated heterocycles. The maximum absolute atomic E-state index is 5.26. The molecule has 1 heterocycles. The molecule has 0 fully saturated rings. The third-order valence-electron chi connectivity index (χ3n) is 3.17. The molecule has 5 nitrogen and oxygen atoms in total. The number of ether oxygens (including phenoxy) is 1. The average Bonchev–Trinajstić information content (AvgIpc) is 2.40. The van der Waals surface area contributed by atoms with E-state index in [1.165, 1.54) is 0 Å². The van der Waals surface area contributed by atoms with E-state index in [0.717, 1.165) is 43.4 Å². The zero-order chi connectivity index (χ0) is 15.0. The van der Waals surface area contributed by atoms with Crippen LogP contribution >= 0.6 is 0 Å². The van der Waals surface area contributed by atoms with Gasteiger partial charge in [0.05, 0.1) is 12.6 Å². The number of aryl methyl sites for hydroxylation is 1. The van der Waals surface area contributed by atoms with E-state index in [1.54, 1.807) is 7.11 Å². The first kappa shape index (κ1) is 16.7. The van der Waals surface area contributed by atoms with Crippen molar-refractivity contribution in [1.29, 1.82) is 0 Å². The summed E-state index contributed by atoms with van der Waals surface area (Å²) in [6.07, 6.45) is 1.96. The molecule has 0 aromatic carbocycles. The van der Waals surface area contributed by atoms with Gasteiger partial charge >= 0.3 is 0 Å². The van der Waals surface area contributed by atoms with Gasteiger partial charge in [0, 0.05) is 32.7 Å². The molecule has 0 radical (unpaired) electrons. The molecule has 1 N–H and O–H groups in total. The van der Waals surface area contributed by atoms with E-state index in [1.807, 2.05) is 6.07 Å². The molecule has 5 heteroatoms. The van der Waals surface area contributed by atoms with Crippen molar-refractivity contribution in [2.24, 2.45) is 0 Å². The number of aromatic nitrogens is 2. The van der Waals surface area contributed by atoms with E-state index in [-0.39, 0.29) is 0 Å². The van der Waals surface area contributed by atoms with Gasteiger partial charge in [0.15, 0.2) is 0 Å². The molecule has 1 atom stereocenters. The summed E-state index contributed by atoms with van der Waals surface area (Å²) in [4.78, 5) is 11.5. The smallest absolute Gasteiger partial charge is 0.134 e. The number of nitrogens with one attached hydrogen (secondary N) is 1. The van der Waals surface area contributed by atoms with E-state index in [2.05, 4.69) is 42.9 Å². The van der Waals surface area contributed by atoms with Gasteiger partial charge in [-0.05, 0) is 27.2 Å². The van der Waals surface area contributed by atoms with Crippen LogP contribution in [0.2, 0.25) is 0 Å². The molecule has 0 amide bonds. The zero-order valence-electron chi connectivity index (χ0n) is 13.4. The van der Waals surface area contributed by atoms with Crippen LogP contribution in [0.4, 0.5) is 11.6 Å². The molecular formula is C15H28N4O. The number of methoxy groups -OCH3 is 1. The van der Waals surface area contributed by atoms with Gasteiger partial charge < -0.3 is 15.0 Å². The highest BCUT2D eigenvalue weighted by Crippen LogP contribution is 2.19. The summed E-state index contributed by atoms with van der Waals surface area (Å²) < 4.78 is 5.26. The first-order chi connectivity index (χ1) is 9.65. The predicted molar refractivity (Wildman–Crippen MR) is 84.5 cm³/mol. The number of likely N-dealkylation sites (N-methyl/N-ethyl adjacent to an activating group) is 1. The van der Waals surface area contributed by atoms with Gasteiger partial charge in [-0.15, -0.1) is 0 Å². The van der Waals surface area contributed by atoms with E-state index in [9.17, 15) is 0 Å². The second-order valence-electron chi connectivity index (χ2n) is 4.90. The largest absolute Gasteiger partial charge is 0.383 e. The number of hydrogen-bond donors (Lipinski definition) is 1.